The molecule has 1 heterocycles. The predicted molar refractivity (Wildman–Crippen MR) is 70.0 cm³/mol. The first-order valence-electron chi connectivity index (χ1n) is 7.08. The van der Waals surface area contributed by atoms with E-state index < -0.39 is 0 Å². The molecule has 0 bridgehead atoms. The highest BCUT2D eigenvalue weighted by Crippen LogP contribution is 2.32. The van der Waals surface area contributed by atoms with E-state index in [4.69, 9.17) is 10.8 Å². The van der Waals surface area contributed by atoms with Crippen molar-refractivity contribution in [3.8, 4) is 0 Å². The van der Waals surface area contributed by atoms with Gasteiger partial charge in [-0.25, -0.2) is 0 Å². The maximum absolute atomic E-state index is 12.4. The molecule has 0 aromatic rings. The van der Waals surface area contributed by atoms with Crippen LogP contribution in [0.2, 0.25) is 0 Å². The third kappa shape index (κ3) is 3.02. The third-order valence-electron chi connectivity index (χ3n) is 4.38. The highest BCUT2D eigenvalue weighted by molar-refractivity contribution is 5.79. The first-order chi connectivity index (χ1) is 8.76. The molecule has 104 valence electrons. The average molecular weight is 255 g/mol. The summed E-state index contributed by atoms with van der Waals surface area (Å²) in [6.45, 7) is 4.92. The van der Waals surface area contributed by atoms with Gasteiger partial charge in [0.1, 0.15) is 0 Å². The van der Waals surface area contributed by atoms with Crippen molar-refractivity contribution in [1.29, 1.82) is 0 Å². The van der Waals surface area contributed by atoms with Gasteiger partial charge in [0.25, 0.3) is 0 Å². The summed E-state index contributed by atoms with van der Waals surface area (Å²) in [5.74, 6) is 0.874. The summed E-state index contributed by atoms with van der Waals surface area (Å²) in [5, 5.41) is 8.90. The molecule has 3 N–H and O–H groups in total. The number of piperazine rings is 1. The van der Waals surface area contributed by atoms with Crippen molar-refractivity contribution in [1.82, 2.24) is 9.80 Å². The Kier molecular flexibility index (Phi) is 4.97. The van der Waals surface area contributed by atoms with E-state index in [0.717, 1.165) is 52.0 Å². The number of hydrogen-bond donors (Lipinski definition) is 2. The van der Waals surface area contributed by atoms with Gasteiger partial charge in [-0.15, -0.1) is 0 Å². The van der Waals surface area contributed by atoms with Gasteiger partial charge in [0.2, 0.25) is 5.91 Å². The number of hydrogen-bond acceptors (Lipinski definition) is 4. The van der Waals surface area contributed by atoms with E-state index in [9.17, 15) is 4.79 Å². The lowest BCUT2D eigenvalue weighted by Crippen LogP contribution is -2.51. The zero-order chi connectivity index (χ0) is 13.0. The molecule has 2 rings (SSSR count). The number of carbonyl (C=O) groups excluding carboxylic acids is 1. The number of aliphatic hydroxyl groups excluding tert-OH is 1. The van der Waals surface area contributed by atoms with Crippen LogP contribution in [0.5, 0.6) is 0 Å². The molecule has 18 heavy (non-hydrogen) atoms. The van der Waals surface area contributed by atoms with Crippen molar-refractivity contribution in [2.45, 2.75) is 19.3 Å². The quantitative estimate of drug-likeness (QED) is 0.710. The number of aliphatic hydroxyl groups is 1. The topological polar surface area (TPSA) is 69.8 Å². The Bertz CT molecular complexity index is 277. The maximum atomic E-state index is 12.4. The van der Waals surface area contributed by atoms with E-state index in [0.29, 0.717) is 18.4 Å². The van der Waals surface area contributed by atoms with Gasteiger partial charge < -0.3 is 15.7 Å². The number of β-amino-alcohol motifs (C(OH)–C–C–N with tert-alkyl or cyclic N) is 1. The Balaban J connectivity index is 1.83. The normalized spacial score (nSPS) is 29.8. The van der Waals surface area contributed by atoms with Crippen LogP contribution in [0, 0.1) is 11.8 Å². The Morgan fingerprint density at radius 1 is 1.22 bits per heavy atom. The molecule has 2 fully saturated rings. The number of nitrogens with zero attached hydrogens (tertiary/aromatic N) is 2. The summed E-state index contributed by atoms with van der Waals surface area (Å²) >= 11 is 0. The van der Waals surface area contributed by atoms with E-state index in [1.165, 1.54) is 0 Å². The van der Waals surface area contributed by atoms with Gasteiger partial charge in [-0.2, -0.15) is 0 Å². The van der Waals surface area contributed by atoms with Crippen LogP contribution in [-0.2, 0) is 4.79 Å². The molecular formula is C13H25N3O2. The second-order valence-corrected chi connectivity index (χ2v) is 5.42. The van der Waals surface area contributed by atoms with E-state index in [-0.39, 0.29) is 12.5 Å². The van der Waals surface area contributed by atoms with E-state index in [1.807, 2.05) is 4.90 Å². The predicted octanol–water partition coefficient (Wildman–Crippen LogP) is -0.502. The monoisotopic (exact) mass is 255 g/mol. The molecule has 0 aromatic heterocycles. The van der Waals surface area contributed by atoms with Crippen LogP contribution < -0.4 is 5.73 Å². The molecule has 1 aliphatic heterocycles. The lowest BCUT2D eigenvalue weighted by Gasteiger charge is -2.36. The Morgan fingerprint density at radius 2 is 1.94 bits per heavy atom. The van der Waals surface area contributed by atoms with Crippen molar-refractivity contribution in [3.63, 3.8) is 0 Å². The Morgan fingerprint density at radius 3 is 2.56 bits per heavy atom. The molecule has 0 radical (unpaired) electrons. The molecule has 5 nitrogen and oxygen atoms in total. The number of amides is 1. The molecule has 1 amide bonds. The van der Waals surface area contributed by atoms with Crippen LogP contribution in [0.15, 0.2) is 0 Å². The highest BCUT2D eigenvalue weighted by atomic mass is 16.3. The largest absolute Gasteiger partial charge is 0.395 e. The Hall–Kier alpha value is -0.650. The zero-order valence-electron chi connectivity index (χ0n) is 11.1. The molecule has 2 atom stereocenters. The molecule has 0 aromatic carbocycles. The molecule has 2 aliphatic rings. The summed E-state index contributed by atoms with van der Waals surface area (Å²) < 4.78 is 0. The molecule has 5 heteroatoms. The van der Waals surface area contributed by atoms with Crippen molar-refractivity contribution in [2.75, 3.05) is 45.9 Å². The number of carbonyl (C=O) groups is 1. The zero-order valence-corrected chi connectivity index (χ0v) is 11.1. The fourth-order valence-electron chi connectivity index (χ4n) is 3.21. The van der Waals surface area contributed by atoms with Gasteiger partial charge >= 0.3 is 0 Å². The van der Waals surface area contributed by atoms with Crippen LogP contribution >= 0.6 is 0 Å². The standard InChI is InChI=1S/C13H25N3O2/c14-10-11-2-1-3-12(11)13(18)16-6-4-15(5-7-16)8-9-17/h11-12,17H,1-10,14H2/t11-,12-/m1/s1. The molecule has 0 unspecified atom stereocenters. The minimum absolute atomic E-state index is 0.166. The van der Waals surface area contributed by atoms with Crippen LogP contribution in [0.1, 0.15) is 19.3 Å². The molecule has 1 saturated carbocycles. The lowest BCUT2D eigenvalue weighted by molar-refractivity contribution is -0.138. The van der Waals surface area contributed by atoms with E-state index in [2.05, 4.69) is 4.90 Å². The van der Waals surface area contributed by atoms with Crippen LogP contribution in [0.3, 0.4) is 0 Å². The average Bonchev–Trinajstić information content (AvgIpc) is 2.87. The SMILES string of the molecule is NC[C@H]1CCC[C@H]1C(=O)N1CCN(CCO)CC1. The van der Waals surface area contributed by atoms with Crippen LogP contribution in [0.4, 0.5) is 0 Å². The van der Waals surface area contributed by atoms with Gasteiger partial charge in [0.15, 0.2) is 0 Å². The summed E-state index contributed by atoms with van der Waals surface area (Å²) in [4.78, 5) is 16.6. The van der Waals surface area contributed by atoms with Gasteiger partial charge in [-0.3, -0.25) is 9.69 Å². The summed E-state index contributed by atoms with van der Waals surface area (Å²) in [6, 6.07) is 0. The highest BCUT2D eigenvalue weighted by Gasteiger charge is 2.35. The van der Waals surface area contributed by atoms with Gasteiger partial charge in [-0.1, -0.05) is 6.42 Å². The molecule has 1 saturated heterocycles. The summed E-state index contributed by atoms with van der Waals surface area (Å²) in [6.07, 6.45) is 3.26. The van der Waals surface area contributed by atoms with E-state index >= 15 is 0 Å². The smallest absolute Gasteiger partial charge is 0.226 e. The minimum Gasteiger partial charge on any atom is -0.395 e. The van der Waals surface area contributed by atoms with Crippen LogP contribution in [0.25, 0.3) is 0 Å². The van der Waals surface area contributed by atoms with Crippen molar-refractivity contribution in [2.24, 2.45) is 17.6 Å². The maximum Gasteiger partial charge on any atom is 0.226 e. The molecular weight excluding hydrogens is 230 g/mol. The lowest BCUT2D eigenvalue weighted by atomic mass is 9.94. The van der Waals surface area contributed by atoms with Crippen molar-refractivity contribution in [3.05, 3.63) is 0 Å². The summed E-state index contributed by atoms with van der Waals surface area (Å²) in [5.41, 5.74) is 5.75. The summed E-state index contributed by atoms with van der Waals surface area (Å²) in [7, 11) is 0. The Labute approximate surface area is 109 Å². The second-order valence-electron chi connectivity index (χ2n) is 5.42. The molecule has 1 aliphatic carbocycles. The fourth-order valence-corrected chi connectivity index (χ4v) is 3.21. The minimum atomic E-state index is 0.166. The number of nitrogens with two attached hydrogens (primary N) is 1. The first kappa shape index (κ1) is 13.8. The fraction of sp³-hybridized carbons (Fsp3) is 0.923. The third-order valence-corrected chi connectivity index (χ3v) is 4.38. The van der Waals surface area contributed by atoms with Gasteiger partial charge in [0, 0.05) is 38.6 Å². The van der Waals surface area contributed by atoms with Crippen molar-refractivity contribution >= 4 is 5.91 Å². The van der Waals surface area contributed by atoms with Crippen molar-refractivity contribution < 1.29 is 9.90 Å². The first-order valence-corrected chi connectivity index (χ1v) is 7.08. The van der Waals surface area contributed by atoms with Crippen LogP contribution in [-0.4, -0.2) is 66.7 Å². The second kappa shape index (κ2) is 6.50. The van der Waals surface area contributed by atoms with Gasteiger partial charge in [-0.05, 0) is 25.3 Å². The molecule has 0 spiro atoms. The number of rotatable bonds is 4. The van der Waals surface area contributed by atoms with E-state index in [1.54, 1.807) is 0 Å². The van der Waals surface area contributed by atoms with Gasteiger partial charge in [0.05, 0.1) is 6.61 Å².